The van der Waals surface area contributed by atoms with E-state index in [4.69, 9.17) is 9.47 Å². The van der Waals surface area contributed by atoms with Crippen LogP contribution in [0.3, 0.4) is 0 Å². The second kappa shape index (κ2) is 12.8. The topological polar surface area (TPSA) is 133 Å². The van der Waals surface area contributed by atoms with E-state index in [0.717, 1.165) is 95.4 Å². The van der Waals surface area contributed by atoms with E-state index in [1.54, 1.807) is 24.0 Å². The van der Waals surface area contributed by atoms with E-state index in [1.807, 2.05) is 20.8 Å². The van der Waals surface area contributed by atoms with Crippen LogP contribution in [0.4, 0.5) is 22.1 Å². The van der Waals surface area contributed by atoms with Crippen LogP contribution in [0.5, 0.6) is 0 Å². The molecule has 6 heterocycles. The number of nitrogens with one attached hydrogen (secondary N) is 3. The van der Waals surface area contributed by atoms with Crippen LogP contribution in [0.25, 0.3) is 32.5 Å². The predicted octanol–water partition coefficient (Wildman–Crippen LogP) is 5.70. The van der Waals surface area contributed by atoms with Gasteiger partial charge in [-0.15, -0.1) is 11.3 Å². The minimum atomic E-state index is -0.509. The maximum atomic E-state index is 12.3. The SMILES string of the molecule is CC(C)(C)OC(=O)N[C@@H]1CCCN(Cc2cc3c(Nc4ccc(-c5cc6c(N7CCOCC7)ncnc6[nH]5)cc4)ncnc3s2)C1. The molecule has 0 unspecified atom stereocenters. The lowest BCUT2D eigenvalue weighted by atomic mass is 10.1. The van der Waals surface area contributed by atoms with Gasteiger partial charge in [-0.2, -0.15) is 0 Å². The van der Waals surface area contributed by atoms with Gasteiger partial charge in [-0.1, -0.05) is 12.1 Å². The average Bonchev–Trinajstić information content (AvgIpc) is 3.66. The van der Waals surface area contributed by atoms with Crippen LogP contribution in [-0.4, -0.2) is 86.9 Å². The number of nitrogens with zero attached hydrogens (tertiary/aromatic N) is 6. The Morgan fingerprint density at radius 3 is 2.65 bits per heavy atom. The molecular formula is C33H39N9O3S. The summed E-state index contributed by atoms with van der Waals surface area (Å²) in [4.78, 5) is 40.7. The number of hydrogen-bond donors (Lipinski definition) is 3. The van der Waals surface area contributed by atoms with E-state index in [2.05, 4.69) is 81.8 Å². The van der Waals surface area contributed by atoms with Gasteiger partial charge in [0.25, 0.3) is 0 Å². The first-order valence-electron chi connectivity index (χ1n) is 15.8. The molecule has 5 aromatic rings. The minimum absolute atomic E-state index is 0.0714. The third-order valence-corrected chi connectivity index (χ3v) is 9.19. The normalized spacial score (nSPS) is 17.8. The lowest BCUT2D eigenvalue weighted by Gasteiger charge is -2.33. The highest BCUT2D eigenvalue weighted by molar-refractivity contribution is 7.18. The van der Waals surface area contributed by atoms with Crippen molar-refractivity contribution in [3.63, 3.8) is 0 Å². The molecule has 4 aromatic heterocycles. The molecule has 2 saturated heterocycles. The number of thiophene rings is 1. The Bertz CT molecular complexity index is 1830. The van der Waals surface area contributed by atoms with Gasteiger partial charge in [-0.05, 0) is 70.0 Å². The van der Waals surface area contributed by atoms with Crippen molar-refractivity contribution in [2.24, 2.45) is 0 Å². The molecule has 2 aliphatic rings. The molecule has 46 heavy (non-hydrogen) atoms. The molecule has 13 heteroatoms. The molecule has 1 amide bonds. The van der Waals surface area contributed by atoms with Crippen LogP contribution in [0, 0.1) is 0 Å². The number of ether oxygens (including phenoxy) is 2. The first-order valence-corrected chi connectivity index (χ1v) is 16.6. The number of morpholine rings is 1. The van der Waals surface area contributed by atoms with Crippen molar-refractivity contribution in [3.8, 4) is 11.3 Å². The number of aromatic amines is 1. The summed E-state index contributed by atoms with van der Waals surface area (Å²) in [5.41, 5.74) is 3.30. The number of rotatable bonds is 7. The fraction of sp³-hybridized carbons (Fsp3) is 0.424. The third kappa shape index (κ3) is 6.91. The molecule has 0 aliphatic carbocycles. The maximum absolute atomic E-state index is 12.3. The summed E-state index contributed by atoms with van der Waals surface area (Å²) >= 11 is 1.68. The number of H-pyrrole nitrogens is 1. The Morgan fingerprint density at radius 1 is 1.04 bits per heavy atom. The van der Waals surface area contributed by atoms with Crippen LogP contribution in [0.2, 0.25) is 0 Å². The van der Waals surface area contributed by atoms with Crippen molar-refractivity contribution in [1.29, 1.82) is 0 Å². The second-order valence-corrected chi connectivity index (χ2v) is 13.9. The number of hydrogen-bond acceptors (Lipinski definition) is 11. The van der Waals surface area contributed by atoms with Gasteiger partial charge in [0.05, 0.1) is 24.0 Å². The number of carbonyl (C=O) groups excluding carboxylic acids is 1. The summed E-state index contributed by atoms with van der Waals surface area (Å²) in [5, 5.41) is 8.55. The molecule has 0 saturated carbocycles. The van der Waals surface area contributed by atoms with Crippen molar-refractivity contribution in [1.82, 2.24) is 35.1 Å². The van der Waals surface area contributed by atoms with Crippen LogP contribution in [0.1, 0.15) is 38.5 Å². The summed E-state index contributed by atoms with van der Waals surface area (Å²) < 4.78 is 11.0. The Labute approximate surface area is 271 Å². The highest BCUT2D eigenvalue weighted by Crippen LogP contribution is 2.33. The number of aromatic nitrogens is 5. The third-order valence-electron chi connectivity index (χ3n) is 8.16. The van der Waals surface area contributed by atoms with Crippen LogP contribution < -0.4 is 15.5 Å². The predicted molar refractivity (Wildman–Crippen MR) is 181 cm³/mol. The lowest BCUT2D eigenvalue weighted by Crippen LogP contribution is -2.48. The van der Waals surface area contributed by atoms with E-state index < -0.39 is 5.60 Å². The zero-order valence-electron chi connectivity index (χ0n) is 26.4. The number of carbonyl (C=O) groups is 1. The molecule has 2 fully saturated rings. The van der Waals surface area contributed by atoms with Crippen molar-refractivity contribution in [2.45, 2.75) is 51.8 Å². The Kier molecular flexibility index (Phi) is 8.45. The fourth-order valence-corrected chi connectivity index (χ4v) is 7.11. The van der Waals surface area contributed by atoms with Crippen molar-refractivity contribution < 1.29 is 14.3 Å². The summed E-state index contributed by atoms with van der Waals surface area (Å²) in [7, 11) is 0. The molecule has 3 N–H and O–H groups in total. The number of benzene rings is 1. The highest BCUT2D eigenvalue weighted by atomic mass is 32.1. The zero-order chi connectivity index (χ0) is 31.7. The molecule has 240 valence electrons. The molecule has 12 nitrogen and oxygen atoms in total. The minimum Gasteiger partial charge on any atom is -0.444 e. The standard InChI is InChI=1S/C33H39N9O3S/c1-33(2,3)45-32(43)39-23-5-4-10-41(17-23)18-24-15-26-29(35-20-37-31(26)46-24)38-22-8-6-21(7-9-22)27-16-25-28(40-27)34-19-36-30(25)42-11-13-44-14-12-42/h6-9,15-16,19-20,23H,4-5,10-14,17-18H2,1-3H3,(H,39,43)(H,34,36,40)(H,35,37,38)/t23-/m1/s1. The molecule has 7 rings (SSSR count). The largest absolute Gasteiger partial charge is 0.444 e. The highest BCUT2D eigenvalue weighted by Gasteiger charge is 2.25. The summed E-state index contributed by atoms with van der Waals surface area (Å²) in [6.45, 7) is 11.3. The van der Waals surface area contributed by atoms with Crippen LogP contribution in [0.15, 0.2) is 49.1 Å². The molecule has 0 spiro atoms. The van der Waals surface area contributed by atoms with E-state index >= 15 is 0 Å². The first-order chi connectivity index (χ1) is 22.3. The quantitative estimate of drug-likeness (QED) is 0.203. The van der Waals surface area contributed by atoms with E-state index in [1.165, 1.54) is 4.88 Å². The second-order valence-electron chi connectivity index (χ2n) is 12.8. The van der Waals surface area contributed by atoms with E-state index in [-0.39, 0.29) is 12.1 Å². The number of piperidine rings is 1. The fourth-order valence-electron chi connectivity index (χ4n) is 6.07. The van der Waals surface area contributed by atoms with Gasteiger partial charge < -0.3 is 30.0 Å². The van der Waals surface area contributed by atoms with Gasteiger partial charge in [0.2, 0.25) is 0 Å². The molecule has 1 atom stereocenters. The van der Waals surface area contributed by atoms with Crippen molar-refractivity contribution >= 4 is 56.0 Å². The van der Waals surface area contributed by atoms with Gasteiger partial charge in [0.15, 0.2) is 0 Å². The number of alkyl carbamates (subject to hydrolysis) is 1. The van der Waals surface area contributed by atoms with Crippen LogP contribution >= 0.6 is 11.3 Å². The van der Waals surface area contributed by atoms with Crippen molar-refractivity contribution in [2.75, 3.05) is 49.6 Å². The van der Waals surface area contributed by atoms with Crippen LogP contribution in [-0.2, 0) is 16.0 Å². The van der Waals surface area contributed by atoms with Gasteiger partial charge in [0, 0.05) is 48.5 Å². The maximum Gasteiger partial charge on any atom is 0.407 e. The average molecular weight is 642 g/mol. The summed E-state index contributed by atoms with van der Waals surface area (Å²) in [6, 6.07) is 12.7. The lowest BCUT2D eigenvalue weighted by molar-refractivity contribution is 0.0470. The monoisotopic (exact) mass is 641 g/mol. The number of likely N-dealkylation sites (tertiary alicyclic amines) is 1. The summed E-state index contributed by atoms with van der Waals surface area (Å²) in [6.07, 6.45) is 4.85. The molecule has 0 bridgehead atoms. The Hall–Kier alpha value is -4.33. The molecule has 2 aliphatic heterocycles. The smallest absolute Gasteiger partial charge is 0.407 e. The first kappa shape index (κ1) is 30.3. The Morgan fingerprint density at radius 2 is 1.85 bits per heavy atom. The van der Waals surface area contributed by atoms with Gasteiger partial charge in [-0.25, -0.2) is 24.7 Å². The van der Waals surface area contributed by atoms with Gasteiger partial charge in [0.1, 0.15) is 40.4 Å². The van der Waals surface area contributed by atoms with Gasteiger partial charge in [-0.3, -0.25) is 4.90 Å². The van der Waals surface area contributed by atoms with Crippen molar-refractivity contribution in [3.05, 3.63) is 53.9 Å². The Balaban J connectivity index is 1.02. The number of fused-ring (bicyclic) bond motifs is 2. The number of anilines is 3. The van der Waals surface area contributed by atoms with Gasteiger partial charge >= 0.3 is 6.09 Å². The number of amides is 1. The summed E-state index contributed by atoms with van der Waals surface area (Å²) in [5.74, 6) is 1.72. The van der Waals surface area contributed by atoms with E-state index in [0.29, 0.717) is 13.2 Å². The zero-order valence-corrected chi connectivity index (χ0v) is 27.2. The van der Waals surface area contributed by atoms with E-state index in [9.17, 15) is 4.79 Å². The molecule has 1 aromatic carbocycles. The molecular weight excluding hydrogens is 602 g/mol. The molecule has 0 radical (unpaired) electrons.